The molecule has 1 aliphatic rings. The van der Waals surface area contributed by atoms with Gasteiger partial charge in [0.05, 0.1) is 11.4 Å². The van der Waals surface area contributed by atoms with Crippen LogP contribution in [0.1, 0.15) is 22.6 Å². The summed E-state index contributed by atoms with van der Waals surface area (Å²) in [6.07, 6.45) is 2.17. The van der Waals surface area contributed by atoms with Crippen LogP contribution < -0.4 is 10.2 Å². The summed E-state index contributed by atoms with van der Waals surface area (Å²) in [5, 5.41) is 2.80. The van der Waals surface area contributed by atoms with E-state index in [1.165, 1.54) is 9.75 Å². The van der Waals surface area contributed by atoms with E-state index < -0.39 is 0 Å². The molecule has 0 aliphatic carbocycles. The van der Waals surface area contributed by atoms with Gasteiger partial charge in [-0.3, -0.25) is 9.59 Å². The summed E-state index contributed by atoms with van der Waals surface area (Å²) in [5.41, 5.74) is 1.50. The highest BCUT2D eigenvalue weighted by Gasteiger charge is 2.25. The van der Waals surface area contributed by atoms with Crippen molar-refractivity contribution in [2.45, 2.75) is 26.2 Å². The number of amides is 2. The zero-order chi connectivity index (χ0) is 15.5. The maximum Gasteiger partial charge on any atom is 0.244 e. The molecule has 1 aromatic heterocycles. The van der Waals surface area contributed by atoms with Crippen LogP contribution in [0.2, 0.25) is 0 Å². The Morgan fingerprint density at radius 3 is 2.86 bits per heavy atom. The second kappa shape index (κ2) is 6.32. The van der Waals surface area contributed by atoms with Gasteiger partial charge in [0.2, 0.25) is 11.8 Å². The molecule has 2 amide bonds. The lowest BCUT2D eigenvalue weighted by molar-refractivity contribution is -0.122. The summed E-state index contributed by atoms with van der Waals surface area (Å²) in [4.78, 5) is 28.4. The number of aryl methyl sites for hydroxylation is 2. The number of rotatable bonds is 4. The first kappa shape index (κ1) is 14.8. The highest BCUT2D eigenvalue weighted by Crippen LogP contribution is 2.29. The van der Waals surface area contributed by atoms with Crippen molar-refractivity contribution in [3.8, 4) is 0 Å². The third-order valence-electron chi connectivity index (χ3n) is 3.68. The number of carbonyl (C=O) groups is 2. The first-order valence-corrected chi connectivity index (χ1v) is 8.20. The number of nitrogens with one attached hydrogen (secondary N) is 1. The van der Waals surface area contributed by atoms with Gasteiger partial charge in [0.15, 0.2) is 0 Å². The summed E-state index contributed by atoms with van der Waals surface area (Å²) >= 11 is 1.77. The first-order valence-electron chi connectivity index (χ1n) is 7.38. The van der Waals surface area contributed by atoms with Crippen LogP contribution in [0.4, 0.5) is 11.4 Å². The molecule has 4 nitrogen and oxygen atoms in total. The lowest BCUT2D eigenvalue weighted by atomic mass is 10.1. The number of benzene rings is 1. The van der Waals surface area contributed by atoms with E-state index >= 15 is 0 Å². The van der Waals surface area contributed by atoms with Crippen molar-refractivity contribution in [2.75, 3.05) is 16.8 Å². The Morgan fingerprint density at radius 1 is 1.27 bits per heavy atom. The maximum atomic E-state index is 12.5. The zero-order valence-corrected chi connectivity index (χ0v) is 13.3. The molecule has 0 unspecified atom stereocenters. The van der Waals surface area contributed by atoms with E-state index in [1.807, 2.05) is 24.3 Å². The highest BCUT2D eigenvalue weighted by atomic mass is 32.1. The SMILES string of the molecule is Cc1ccc(CCCC(=O)N2CC(=O)Nc3ccccc32)s1. The van der Waals surface area contributed by atoms with E-state index in [9.17, 15) is 9.59 Å². The number of hydrogen-bond acceptors (Lipinski definition) is 3. The number of thiophene rings is 1. The number of nitrogens with zero attached hydrogens (tertiary/aromatic N) is 1. The quantitative estimate of drug-likeness (QED) is 0.940. The van der Waals surface area contributed by atoms with Crippen LogP contribution in [-0.2, 0) is 16.0 Å². The zero-order valence-electron chi connectivity index (χ0n) is 12.5. The summed E-state index contributed by atoms with van der Waals surface area (Å²) in [7, 11) is 0. The van der Waals surface area contributed by atoms with Gasteiger partial charge in [-0.05, 0) is 44.0 Å². The number of fused-ring (bicyclic) bond motifs is 1. The van der Waals surface area contributed by atoms with Gasteiger partial charge in [0.1, 0.15) is 6.54 Å². The molecule has 22 heavy (non-hydrogen) atoms. The first-order chi connectivity index (χ1) is 10.6. The molecule has 0 radical (unpaired) electrons. The van der Waals surface area contributed by atoms with Crippen LogP contribution in [0.3, 0.4) is 0 Å². The molecule has 0 spiro atoms. The molecule has 1 aliphatic heterocycles. The van der Waals surface area contributed by atoms with Gasteiger partial charge in [-0.1, -0.05) is 12.1 Å². The molecule has 1 aromatic carbocycles. The number of carbonyl (C=O) groups excluding carboxylic acids is 2. The topological polar surface area (TPSA) is 49.4 Å². The Hall–Kier alpha value is -2.14. The number of anilines is 2. The van der Waals surface area contributed by atoms with Crippen LogP contribution in [0.25, 0.3) is 0 Å². The summed E-state index contributed by atoms with van der Waals surface area (Å²) < 4.78 is 0. The van der Waals surface area contributed by atoms with Crippen molar-refractivity contribution >= 4 is 34.5 Å². The monoisotopic (exact) mass is 314 g/mol. The minimum atomic E-state index is -0.138. The standard InChI is InChI=1S/C17H18N2O2S/c1-12-9-10-13(22-12)5-4-8-17(21)19-11-16(20)18-14-6-2-3-7-15(14)19/h2-3,6-7,9-10H,4-5,8,11H2,1H3,(H,18,20). The maximum absolute atomic E-state index is 12.5. The van der Waals surface area contributed by atoms with E-state index in [0.29, 0.717) is 12.1 Å². The molecule has 2 heterocycles. The Balaban J connectivity index is 1.63. The molecule has 114 valence electrons. The van der Waals surface area contributed by atoms with E-state index in [4.69, 9.17) is 0 Å². The van der Waals surface area contributed by atoms with Crippen molar-refractivity contribution in [1.82, 2.24) is 0 Å². The molecule has 0 fully saturated rings. The van der Waals surface area contributed by atoms with Crippen molar-refractivity contribution < 1.29 is 9.59 Å². The lowest BCUT2D eigenvalue weighted by Crippen LogP contribution is -2.42. The molecule has 0 saturated carbocycles. The van der Waals surface area contributed by atoms with Crippen molar-refractivity contribution in [1.29, 1.82) is 0 Å². The molecular formula is C17H18N2O2S. The molecule has 5 heteroatoms. The Labute approximate surface area is 133 Å². The normalized spacial score (nSPS) is 13.7. The van der Waals surface area contributed by atoms with Crippen LogP contribution >= 0.6 is 11.3 Å². The van der Waals surface area contributed by atoms with Crippen LogP contribution in [-0.4, -0.2) is 18.4 Å². The molecule has 0 atom stereocenters. The average Bonchev–Trinajstić information content (AvgIpc) is 2.91. The minimum absolute atomic E-state index is 0.00979. The van der Waals surface area contributed by atoms with E-state index in [0.717, 1.165) is 18.5 Å². The van der Waals surface area contributed by atoms with Gasteiger partial charge in [0, 0.05) is 16.2 Å². The average molecular weight is 314 g/mol. The van der Waals surface area contributed by atoms with Gasteiger partial charge >= 0.3 is 0 Å². The van der Waals surface area contributed by atoms with E-state index in [1.54, 1.807) is 16.2 Å². The lowest BCUT2D eigenvalue weighted by Gasteiger charge is -2.29. The largest absolute Gasteiger partial charge is 0.323 e. The summed E-state index contributed by atoms with van der Waals surface area (Å²) in [6.45, 7) is 2.19. The molecule has 0 bridgehead atoms. The Morgan fingerprint density at radius 2 is 2.09 bits per heavy atom. The van der Waals surface area contributed by atoms with E-state index in [-0.39, 0.29) is 18.4 Å². The van der Waals surface area contributed by atoms with Gasteiger partial charge in [-0.25, -0.2) is 0 Å². The Kier molecular flexibility index (Phi) is 4.24. The van der Waals surface area contributed by atoms with Crippen molar-refractivity contribution in [3.05, 3.63) is 46.2 Å². The summed E-state index contributed by atoms with van der Waals surface area (Å²) in [6, 6.07) is 11.6. The van der Waals surface area contributed by atoms with Gasteiger partial charge in [0.25, 0.3) is 0 Å². The fourth-order valence-corrected chi connectivity index (χ4v) is 3.56. The highest BCUT2D eigenvalue weighted by molar-refractivity contribution is 7.11. The van der Waals surface area contributed by atoms with Crippen molar-refractivity contribution in [2.24, 2.45) is 0 Å². The van der Waals surface area contributed by atoms with Crippen molar-refractivity contribution in [3.63, 3.8) is 0 Å². The fourth-order valence-electron chi connectivity index (χ4n) is 2.62. The number of hydrogen-bond donors (Lipinski definition) is 1. The second-order valence-electron chi connectivity index (χ2n) is 5.41. The summed E-state index contributed by atoms with van der Waals surface area (Å²) in [5.74, 6) is -0.128. The van der Waals surface area contributed by atoms with Crippen LogP contribution in [0, 0.1) is 6.92 Å². The third-order valence-corrected chi connectivity index (χ3v) is 4.74. The molecule has 1 N–H and O–H groups in total. The fraction of sp³-hybridized carbons (Fsp3) is 0.294. The predicted molar refractivity (Wildman–Crippen MR) is 89.4 cm³/mol. The van der Waals surface area contributed by atoms with E-state index in [2.05, 4.69) is 24.4 Å². The van der Waals surface area contributed by atoms with Crippen LogP contribution in [0.15, 0.2) is 36.4 Å². The minimum Gasteiger partial charge on any atom is -0.323 e. The molecule has 0 saturated heterocycles. The van der Waals surface area contributed by atoms with Gasteiger partial charge in [-0.2, -0.15) is 0 Å². The smallest absolute Gasteiger partial charge is 0.244 e. The Bertz CT molecular complexity index is 708. The second-order valence-corrected chi connectivity index (χ2v) is 6.78. The van der Waals surface area contributed by atoms with Gasteiger partial charge in [-0.15, -0.1) is 11.3 Å². The molecular weight excluding hydrogens is 296 g/mol. The predicted octanol–water partition coefficient (Wildman–Crippen LogP) is 3.36. The molecule has 2 aromatic rings. The third kappa shape index (κ3) is 3.20. The van der Waals surface area contributed by atoms with Gasteiger partial charge < -0.3 is 10.2 Å². The molecule has 3 rings (SSSR count). The number of para-hydroxylation sites is 2. The van der Waals surface area contributed by atoms with Crippen LogP contribution in [0.5, 0.6) is 0 Å².